The van der Waals surface area contributed by atoms with E-state index in [0.717, 1.165) is 17.1 Å². The quantitative estimate of drug-likeness (QED) is 0.723. The molecule has 0 fully saturated rings. The Balaban J connectivity index is 1.95. The molecule has 0 atom stereocenters. The van der Waals surface area contributed by atoms with E-state index in [0.29, 0.717) is 6.54 Å². The lowest BCUT2D eigenvalue weighted by Gasteiger charge is -2.02. The fraction of sp³-hybridized carbons (Fsp3) is 0.100. The maximum absolute atomic E-state index is 5.57. The fourth-order valence-corrected chi connectivity index (χ4v) is 1.13. The highest BCUT2D eigenvalue weighted by molar-refractivity contribution is 5.40. The van der Waals surface area contributed by atoms with Crippen molar-refractivity contribution in [1.82, 2.24) is 5.16 Å². The lowest BCUT2D eigenvalue weighted by Crippen LogP contribution is -1.99. The van der Waals surface area contributed by atoms with Crippen molar-refractivity contribution in [2.24, 2.45) is 0 Å². The Morgan fingerprint density at radius 2 is 2.00 bits per heavy atom. The van der Waals surface area contributed by atoms with Gasteiger partial charge in [0.15, 0.2) is 5.82 Å². The summed E-state index contributed by atoms with van der Waals surface area (Å²) in [6.45, 7) is 0.715. The molecule has 0 spiro atoms. The van der Waals surface area contributed by atoms with Gasteiger partial charge in [-0.25, -0.2) is 0 Å². The van der Waals surface area contributed by atoms with Crippen LogP contribution in [0.25, 0.3) is 0 Å². The van der Waals surface area contributed by atoms with E-state index in [-0.39, 0.29) is 0 Å². The summed E-state index contributed by atoms with van der Waals surface area (Å²) >= 11 is 0. The predicted molar refractivity (Wildman–Crippen MR) is 54.7 cm³/mol. The molecule has 4 nitrogen and oxygen atoms in total. The van der Waals surface area contributed by atoms with Gasteiger partial charge in [0.2, 0.25) is 0 Å². The summed E-state index contributed by atoms with van der Waals surface area (Å²) in [7, 11) is 0. The molecule has 3 N–H and O–H groups in total. The van der Waals surface area contributed by atoms with E-state index < -0.39 is 0 Å². The molecule has 0 aliphatic carbocycles. The first-order valence-electron chi connectivity index (χ1n) is 4.33. The van der Waals surface area contributed by atoms with Crippen molar-refractivity contribution < 1.29 is 4.52 Å². The van der Waals surface area contributed by atoms with Crippen LogP contribution < -0.4 is 11.1 Å². The number of hydrogen-bond donors (Lipinski definition) is 2. The zero-order chi connectivity index (χ0) is 9.80. The van der Waals surface area contributed by atoms with Crippen molar-refractivity contribution in [2.75, 3.05) is 11.1 Å². The number of hydrogen-bond acceptors (Lipinski definition) is 4. The van der Waals surface area contributed by atoms with Gasteiger partial charge in [0, 0.05) is 18.3 Å². The minimum Gasteiger partial charge on any atom is -0.399 e. The third-order valence-corrected chi connectivity index (χ3v) is 1.89. The Morgan fingerprint density at radius 3 is 2.64 bits per heavy atom. The molecule has 0 aliphatic heterocycles. The van der Waals surface area contributed by atoms with Gasteiger partial charge in [-0.2, -0.15) is 0 Å². The third-order valence-electron chi connectivity index (χ3n) is 1.89. The smallest absolute Gasteiger partial charge is 0.169 e. The van der Waals surface area contributed by atoms with Gasteiger partial charge < -0.3 is 15.6 Å². The molecule has 1 aromatic carbocycles. The number of nitrogens with two attached hydrogens (primary N) is 1. The number of nitrogens with one attached hydrogen (secondary N) is 1. The number of anilines is 2. The summed E-state index contributed by atoms with van der Waals surface area (Å²) in [6, 6.07) is 9.47. The van der Waals surface area contributed by atoms with E-state index in [1.54, 1.807) is 6.07 Å². The maximum atomic E-state index is 5.57. The first-order chi connectivity index (χ1) is 6.84. The minimum atomic E-state index is 0.715. The molecular weight excluding hydrogens is 178 g/mol. The molecule has 1 aromatic heterocycles. The van der Waals surface area contributed by atoms with Crippen LogP contribution in [0.4, 0.5) is 11.5 Å². The Kier molecular flexibility index (Phi) is 2.36. The SMILES string of the molecule is Nc1ccc(CNc2ccon2)cc1. The molecule has 4 heteroatoms. The zero-order valence-electron chi connectivity index (χ0n) is 7.60. The van der Waals surface area contributed by atoms with Crippen molar-refractivity contribution in [2.45, 2.75) is 6.54 Å². The van der Waals surface area contributed by atoms with Crippen molar-refractivity contribution >= 4 is 11.5 Å². The summed E-state index contributed by atoms with van der Waals surface area (Å²) in [4.78, 5) is 0. The average Bonchev–Trinajstić information content (AvgIpc) is 2.70. The van der Waals surface area contributed by atoms with Gasteiger partial charge in [0.25, 0.3) is 0 Å². The van der Waals surface area contributed by atoms with E-state index in [2.05, 4.69) is 15.0 Å². The van der Waals surface area contributed by atoms with Gasteiger partial charge in [-0.1, -0.05) is 17.3 Å². The largest absolute Gasteiger partial charge is 0.399 e. The lowest BCUT2D eigenvalue weighted by atomic mass is 10.2. The molecule has 2 aromatic rings. The lowest BCUT2D eigenvalue weighted by molar-refractivity contribution is 0.422. The molecule has 0 unspecified atom stereocenters. The summed E-state index contributed by atoms with van der Waals surface area (Å²) in [5.41, 5.74) is 7.50. The Morgan fingerprint density at radius 1 is 1.21 bits per heavy atom. The van der Waals surface area contributed by atoms with E-state index in [4.69, 9.17) is 5.73 Å². The van der Waals surface area contributed by atoms with Crippen LogP contribution in [0.5, 0.6) is 0 Å². The number of aromatic nitrogens is 1. The molecule has 0 aliphatic rings. The van der Waals surface area contributed by atoms with Crippen LogP contribution in [-0.2, 0) is 6.54 Å². The normalized spacial score (nSPS) is 10.0. The second-order valence-corrected chi connectivity index (χ2v) is 2.98. The van der Waals surface area contributed by atoms with Crippen molar-refractivity contribution in [1.29, 1.82) is 0 Å². The first kappa shape index (κ1) is 8.62. The van der Waals surface area contributed by atoms with Crippen molar-refractivity contribution in [3.05, 3.63) is 42.2 Å². The van der Waals surface area contributed by atoms with Crippen LogP contribution in [0.1, 0.15) is 5.56 Å². The van der Waals surface area contributed by atoms with Crippen molar-refractivity contribution in [3.63, 3.8) is 0 Å². The van der Waals surface area contributed by atoms with Crippen LogP contribution in [0.2, 0.25) is 0 Å². The molecule has 1 heterocycles. The van der Waals surface area contributed by atoms with Gasteiger partial charge in [-0.05, 0) is 17.7 Å². The van der Waals surface area contributed by atoms with E-state index >= 15 is 0 Å². The molecule has 0 saturated carbocycles. The zero-order valence-corrected chi connectivity index (χ0v) is 7.60. The van der Waals surface area contributed by atoms with Crippen LogP contribution in [0.3, 0.4) is 0 Å². The van der Waals surface area contributed by atoms with Gasteiger partial charge in [-0.3, -0.25) is 0 Å². The van der Waals surface area contributed by atoms with Gasteiger partial charge in [-0.15, -0.1) is 0 Å². The molecular formula is C10H11N3O. The molecule has 0 radical (unpaired) electrons. The number of benzene rings is 1. The van der Waals surface area contributed by atoms with E-state index in [9.17, 15) is 0 Å². The van der Waals surface area contributed by atoms with Crippen LogP contribution in [-0.4, -0.2) is 5.16 Å². The first-order valence-corrected chi connectivity index (χ1v) is 4.33. The maximum Gasteiger partial charge on any atom is 0.169 e. The molecule has 0 saturated heterocycles. The molecule has 0 bridgehead atoms. The average molecular weight is 189 g/mol. The second kappa shape index (κ2) is 3.83. The van der Waals surface area contributed by atoms with Gasteiger partial charge in [0.1, 0.15) is 6.26 Å². The minimum absolute atomic E-state index is 0.715. The molecule has 0 amide bonds. The number of nitrogens with zero attached hydrogens (tertiary/aromatic N) is 1. The third kappa shape index (κ3) is 2.04. The molecule has 72 valence electrons. The van der Waals surface area contributed by atoms with E-state index in [1.165, 1.54) is 6.26 Å². The van der Waals surface area contributed by atoms with Crippen LogP contribution in [0, 0.1) is 0 Å². The highest BCUT2D eigenvalue weighted by Crippen LogP contribution is 2.08. The summed E-state index contributed by atoms with van der Waals surface area (Å²) in [5, 5.41) is 6.85. The monoisotopic (exact) mass is 189 g/mol. The highest BCUT2D eigenvalue weighted by atomic mass is 16.5. The van der Waals surface area contributed by atoms with E-state index in [1.807, 2.05) is 24.3 Å². The van der Waals surface area contributed by atoms with Gasteiger partial charge in [0.05, 0.1) is 0 Å². The predicted octanol–water partition coefficient (Wildman–Crippen LogP) is 1.87. The molecule has 2 rings (SSSR count). The topological polar surface area (TPSA) is 64.1 Å². The standard InChI is InChI=1S/C10H11N3O/c11-9-3-1-8(2-4-9)7-12-10-5-6-14-13-10/h1-6H,7,11H2,(H,12,13). The summed E-state index contributed by atoms with van der Waals surface area (Å²) < 4.78 is 4.69. The number of rotatable bonds is 3. The van der Waals surface area contributed by atoms with Crippen LogP contribution in [0.15, 0.2) is 41.1 Å². The highest BCUT2D eigenvalue weighted by Gasteiger charge is 1.95. The van der Waals surface area contributed by atoms with Crippen molar-refractivity contribution in [3.8, 4) is 0 Å². The second-order valence-electron chi connectivity index (χ2n) is 2.98. The van der Waals surface area contributed by atoms with Gasteiger partial charge >= 0.3 is 0 Å². The summed E-state index contributed by atoms with van der Waals surface area (Å²) in [6.07, 6.45) is 1.53. The Labute approximate surface area is 81.7 Å². The Bertz CT molecular complexity index is 380. The fourth-order valence-electron chi connectivity index (χ4n) is 1.13. The summed E-state index contributed by atoms with van der Waals surface area (Å²) in [5.74, 6) is 0.738. The number of nitrogen functional groups attached to an aromatic ring is 1. The Hall–Kier alpha value is -1.97. The van der Waals surface area contributed by atoms with Crippen LogP contribution >= 0.6 is 0 Å². The molecule has 14 heavy (non-hydrogen) atoms.